The number of para-hydroxylation sites is 1. The van der Waals surface area contributed by atoms with Gasteiger partial charge in [0.2, 0.25) is 0 Å². The summed E-state index contributed by atoms with van der Waals surface area (Å²) in [5, 5.41) is 0.765. The van der Waals surface area contributed by atoms with E-state index in [-0.39, 0.29) is 29.2 Å². The van der Waals surface area contributed by atoms with E-state index in [1.807, 2.05) is 0 Å². The first-order valence-electron chi connectivity index (χ1n) is 8.21. The number of nitrogens with zero attached hydrogens (tertiary/aromatic N) is 2. The number of fused-ring (bicyclic) bond motifs is 1. The monoisotopic (exact) mass is 413 g/mol. The Morgan fingerprint density at radius 3 is 2.43 bits per heavy atom. The van der Waals surface area contributed by atoms with Gasteiger partial charge in [-0.05, 0) is 30.8 Å². The molecule has 1 aliphatic heterocycles. The number of halogens is 4. The lowest BCUT2D eigenvalue weighted by atomic mass is 10.0. The molecule has 1 amide bonds. The fourth-order valence-electron chi connectivity index (χ4n) is 2.95. The SMILES string of the molecule is NCCC1N(OC(=O)C(F)(F)F)c2cccc(Cl)c2C(=O)N1c1ccccc1. The van der Waals surface area contributed by atoms with E-state index in [4.69, 9.17) is 17.3 Å². The van der Waals surface area contributed by atoms with E-state index >= 15 is 0 Å². The number of amides is 1. The van der Waals surface area contributed by atoms with Crippen LogP contribution in [0.15, 0.2) is 48.5 Å². The molecule has 3 rings (SSSR count). The zero-order valence-corrected chi connectivity index (χ0v) is 15.1. The Balaban J connectivity index is 2.17. The van der Waals surface area contributed by atoms with Gasteiger partial charge in [0.25, 0.3) is 5.91 Å². The first kappa shape index (κ1) is 20.0. The van der Waals surface area contributed by atoms with E-state index in [9.17, 15) is 22.8 Å². The average Bonchev–Trinajstić information content (AvgIpc) is 2.64. The summed E-state index contributed by atoms with van der Waals surface area (Å²) < 4.78 is 38.5. The van der Waals surface area contributed by atoms with Crippen molar-refractivity contribution in [2.75, 3.05) is 16.5 Å². The smallest absolute Gasteiger partial charge is 0.330 e. The highest BCUT2D eigenvalue weighted by Gasteiger charge is 2.47. The highest BCUT2D eigenvalue weighted by atomic mass is 35.5. The molecule has 0 saturated heterocycles. The third-order valence-electron chi connectivity index (χ3n) is 4.10. The van der Waals surface area contributed by atoms with Crippen molar-refractivity contribution in [1.82, 2.24) is 0 Å². The van der Waals surface area contributed by atoms with Crippen LogP contribution in [0.3, 0.4) is 0 Å². The van der Waals surface area contributed by atoms with Crippen LogP contribution in [0.1, 0.15) is 16.8 Å². The molecule has 0 saturated carbocycles. The van der Waals surface area contributed by atoms with Crippen molar-refractivity contribution in [1.29, 1.82) is 0 Å². The van der Waals surface area contributed by atoms with E-state index in [1.54, 1.807) is 30.3 Å². The van der Waals surface area contributed by atoms with Crippen molar-refractivity contribution in [3.8, 4) is 0 Å². The Morgan fingerprint density at radius 1 is 1.14 bits per heavy atom. The fraction of sp³-hybridized carbons (Fsp3) is 0.222. The number of anilines is 2. The molecule has 1 heterocycles. The topological polar surface area (TPSA) is 75.9 Å². The number of hydrogen-bond acceptors (Lipinski definition) is 5. The molecule has 28 heavy (non-hydrogen) atoms. The summed E-state index contributed by atoms with van der Waals surface area (Å²) in [4.78, 5) is 30.6. The zero-order chi connectivity index (χ0) is 20.5. The molecule has 0 spiro atoms. The normalized spacial score (nSPS) is 16.8. The Labute approximate surface area is 163 Å². The second kappa shape index (κ2) is 7.69. The summed E-state index contributed by atoms with van der Waals surface area (Å²) in [5.74, 6) is -2.95. The predicted molar refractivity (Wildman–Crippen MR) is 96.8 cm³/mol. The lowest BCUT2D eigenvalue weighted by Gasteiger charge is -2.43. The van der Waals surface area contributed by atoms with Crippen molar-refractivity contribution >= 4 is 34.9 Å². The van der Waals surface area contributed by atoms with Gasteiger partial charge >= 0.3 is 12.1 Å². The number of alkyl halides is 3. The molecular weight excluding hydrogens is 399 g/mol. The molecule has 1 unspecified atom stereocenters. The fourth-order valence-corrected chi connectivity index (χ4v) is 3.20. The molecule has 2 aromatic rings. The maximum atomic E-state index is 13.2. The van der Waals surface area contributed by atoms with E-state index in [0.717, 1.165) is 5.06 Å². The lowest BCUT2D eigenvalue weighted by molar-refractivity contribution is -0.202. The molecule has 0 radical (unpaired) electrons. The number of benzene rings is 2. The van der Waals surface area contributed by atoms with Crippen molar-refractivity contribution in [3.05, 3.63) is 59.1 Å². The standard InChI is InChI=1S/C18H15ClF3N3O3/c19-12-7-4-8-13-15(12)16(26)24(11-5-2-1-3-6-11)14(9-10-23)25(13)28-17(27)18(20,21)22/h1-8,14H,9-10,23H2. The van der Waals surface area contributed by atoms with Gasteiger partial charge in [-0.15, -0.1) is 0 Å². The molecule has 0 aromatic heterocycles. The Kier molecular flexibility index (Phi) is 5.48. The van der Waals surface area contributed by atoms with Gasteiger partial charge in [-0.3, -0.25) is 9.69 Å². The van der Waals surface area contributed by atoms with Gasteiger partial charge in [-0.2, -0.15) is 18.2 Å². The first-order chi connectivity index (χ1) is 13.3. The van der Waals surface area contributed by atoms with Crippen LogP contribution in [0.5, 0.6) is 0 Å². The van der Waals surface area contributed by atoms with Crippen LogP contribution in [-0.2, 0) is 9.63 Å². The van der Waals surface area contributed by atoms with Gasteiger partial charge in [0.05, 0.1) is 16.3 Å². The first-order valence-corrected chi connectivity index (χ1v) is 8.59. The van der Waals surface area contributed by atoms with Crippen LogP contribution in [0, 0.1) is 0 Å². The summed E-state index contributed by atoms with van der Waals surface area (Å²) in [6.07, 6.45) is -6.26. The minimum absolute atomic E-state index is 0.0164. The van der Waals surface area contributed by atoms with E-state index in [0.29, 0.717) is 5.69 Å². The van der Waals surface area contributed by atoms with Gasteiger partial charge in [-0.25, -0.2) is 4.79 Å². The summed E-state index contributed by atoms with van der Waals surface area (Å²) in [5.41, 5.74) is 5.90. The van der Waals surface area contributed by atoms with Gasteiger partial charge in [0.1, 0.15) is 6.17 Å². The number of rotatable bonds is 4. The minimum Gasteiger partial charge on any atom is -0.330 e. The molecule has 0 aliphatic carbocycles. The predicted octanol–water partition coefficient (Wildman–Crippen LogP) is 3.50. The molecule has 6 nitrogen and oxygen atoms in total. The third kappa shape index (κ3) is 3.63. The van der Waals surface area contributed by atoms with Crippen molar-refractivity contribution < 1.29 is 27.6 Å². The van der Waals surface area contributed by atoms with Crippen molar-refractivity contribution in [2.45, 2.75) is 18.8 Å². The summed E-state index contributed by atoms with van der Waals surface area (Å²) in [7, 11) is 0. The van der Waals surface area contributed by atoms with Gasteiger partial charge in [-0.1, -0.05) is 35.9 Å². The van der Waals surface area contributed by atoms with Crippen LogP contribution < -0.4 is 15.7 Å². The number of hydroxylamine groups is 1. The number of nitrogens with two attached hydrogens (primary N) is 1. The number of hydrogen-bond donors (Lipinski definition) is 1. The Morgan fingerprint density at radius 2 is 1.82 bits per heavy atom. The van der Waals surface area contributed by atoms with Crippen LogP contribution in [0.25, 0.3) is 0 Å². The highest BCUT2D eigenvalue weighted by Crippen LogP contribution is 2.39. The lowest BCUT2D eigenvalue weighted by Crippen LogP contribution is -2.57. The molecule has 0 bridgehead atoms. The van der Waals surface area contributed by atoms with E-state index in [1.165, 1.54) is 23.1 Å². The quantitative estimate of drug-likeness (QED) is 0.830. The maximum absolute atomic E-state index is 13.2. The molecule has 1 atom stereocenters. The second-order valence-electron chi connectivity index (χ2n) is 5.90. The minimum atomic E-state index is -5.22. The van der Waals surface area contributed by atoms with Crippen LogP contribution in [0.2, 0.25) is 5.02 Å². The number of carbonyl (C=O) groups is 2. The van der Waals surface area contributed by atoms with Crippen LogP contribution in [-0.4, -0.2) is 30.8 Å². The van der Waals surface area contributed by atoms with Gasteiger partial charge in [0, 0.05) is 12.1 Å². The average molecular weight is 414 g/mol. The summed E-state index contributed by atoms with van der Waals surface area (Å²) >= 11 is 6.14. The van der Waals surface area contributed by atoms with Crippen molar-refractivity contribution in [2.24, 2.45) is 5.73 Å². The van der Waals surface area contributed by atoms with E-state index in [2.05, 4.69) is 4.84 Å². The molecule has 0 fully saturated rings. The molecule has 2 aromatic carbocycles. The van der Waals surface area contributed by atoms with Gasteiger partial charge < -0.3 is 10.6 Å². The van der Waals surface area contributed by atoms with Crippen LogP contribution >= 0.6 is 11.6 Å². The second-order valence-corrected chi connectivity index (χ2v) is 6.31. The molecule has 10 heteroatoms. The molecule has 1 aliphatic rings. The third-order valence-corrected chi connectivity index (χ3v) is 4.42. The van der Waals surface area contributed by atoms with Crippen molar-refractivity contribution in [3.63, 3.8) is 0 Å². The number of carbonyl (C=O) groups excluding carboxylic acids is 2. The largest absolute Gasteiger partial charge is 0.493 e. The van der Waals surface area contributed by atoms with Crippen LogP contribution in [0.4, 0.5) is 24.5 Å². The molecule has 2 N–H and O–H groups in total. The van der Waals surface area contributed by atoms with E-state index < -0.39 is 24.2 Å². The molecular formula is C18H15ClF3N3O3. The highest BCUT2D eigenvalue weighted by molar-refractivity contribution is 6.35. The summed E-state index contributed by atoms with van der Waals surface area (Å²) in [6, 6.07) is 12.5. The zero-order valence-electron chi connectivity index (χ0n) is 14.3. The Hall–Kier alpha value is -2.78. The summed E-state index contributed by atoms with van der Waals surface area (Å²) in [6.45, 7) is 0.0250. The maximum Gasteiger partial charge on any atom is 0.493 e. The Bertz CT molecular complexity index is 893. The molecule has 148 valence electrons. The van der Waals surface area contributed by atoms with Gasteiger partial charge in [0.15, 0.2) is 0 Å².